The van der Waals surface area contributed by atoms with Gasteiger partial charge < -0.3 is 19.9 Å². The van der Waals surface area contributed by atoms with Crippen molar-refractivity contribution in [1.82, 2.24) is 4.98 Å². The van der Waals surface area contributed by atoms with Crippen molar-refractivity contribution in [1.29, 1.82) is 0 Å². The minimum absolute atomic E-state index is 0.140. The van der Waals surface area contributed by atoms with E-state index in [0.717, 1.165) is 0 Å². The van der Waals surface area contributed by atoms with Crippen molar-refractivity contribution in [2.75, 3.05) is 19.5 Å². The molecule has 0 fully saturated rings. The van der Waals surface area contributed by atoms with Gasteiger partial charge in [0.05, 0.1) is 25.3 Å². The lowest BCUT2D eigenvalue weighted by atomic mass is 10.0. The van der Waals surface area contributed by atoms with Crippen molar-refractivity contribution >= 4 is 23.3 Å². The number of aliphatic hydroxyl groups excluding tert-OH is 1. The average Bonchev–Trinajstić information content (AvgIpc) is 2.61. The molecule has 0 aliphatic rings. The lowest BCUT2D eigenvalue weighted by molar-refractivity contribution is -0.116. The monoisotopic (exact) mass is 350 g/mol. The maximum Gasteiger partial charge on any atom is 0.225 e. The summed E-state index contributed by atoms with van der Waals surface area (Å²) in [6, 6.07) is 8.40. The number of carbonyl (C=O) groups excluding carboxylic acids is 1. The number of methoxy groups -OCH3 is 2. The minimum atomic E-state index is -0.824. The highest BCUT2D eigenvalue weighted by molar-refractivity contribution is 6.30. The Morgan fingerprint density at radius 2 is 2.08 bits per heavy atom. The summed E-state index contributed by atoms with van der Waals surface area (Å²) in [4.78, 5) is 15.9. The van der Waals surface area contributed by atoms with Crippen LogP contribution < -0.4 is 14.8 Å². The summed E-state index contributed by atoms with van der Waals surface area (Å²) >= 11 is 5.74. The predicted octanol–water partition coefficient (Wildman–Crippen LogP) is 3.20. The van der Waals surface area contributed by atoms with Crippen LogP contribution in [-0.2, 0) is 4.79 Å². The zero-order chi connectivity index (χ0) is 17.5. The number of amides is 1. The molecule has 1 unspecified atom stereocenters. The normalized spacial score (nSPS) is 11.7. The number of ether oxygens (including phenoxy) is 2. The Hall–Kier alpha value is -2.31. The van der Waals surface area contributed by atoms with Crippen LogP contribution in [0.3, 0.4) is 0 Å². The molecule has 0 radical (unpaired) electrons. The molecule has 24 heavy (non-hydrogen) atoms. The fourth-order valence-electron chi connectivity index (χ4n) is 2.17. The van der Waals surface area contributed by atoms with E-state index in [1.807, 2.05) is 0 Å². The van der Waals surface area contributed by atoms with Crippen LogP contribution in [0, 0.1) is 0 Å². The van der Waals surface area contributed by atoms with Gasteiger partial charge in [0.25, 0.3) is 0 Å². The Morgan fingerprint density at radius 1 is 1.29 bits per heavy atom. The second-order valence-electron chi connectivity index (χ2n) is 5.07. The molecule has 0 bridgehead atoms. The van der Waals surface area contributed by atoms with Crippen molar-refractivity contribution in [3.05, 3.63) is 47.1 Å². The van der Waals surface area contributed by atoms with Gasteiger partial charge in [-0.15, -0.1) is 0 Å². The molecule has 0 saturated heterocycles. The Labute approximate surface area is 145 Å². The van der Waals surface area contributed by atoms with Crippen LogP contribution in [0.1, 0.15) is 24.5 Å². The summed E-state index contributed by atoms with van der Waals surface area (Å²) in [5, 5.41) is 13.5. The Bertz CT molecular complexity index is 691. The number of anilines is 1. The molecule has 1 aromatic heterocycles. The highest BCUT2D eigenvalue weighted by Gasteiger charge is 2.16. The molecule has 2 N–H and O–H groups in total. The molecule has 2 rings (SSSR count). The molecule has 0 spiro atoms. The molecule has 128 valence electrons. The fraction of sp³-hybridized carbons (Fsp3) is 0.294. The van der Waals surface area contributed by atoms with Gasteiger partial charge in [0.2, 0.25) is 5.91 Å². The van der Waals surface area contributed by atoms with Gasteiger partial charge in [-0.2, -0.15) is 0 Å². The van der Waals surface area contributed by atoms with Gasteiger partial charge in [0.15, 0.2) is 0 Å². The summed E-state index contributed by atoms with van der Waals surface area (Å²) in [6.45, 7) is 0. The first-order valence-corrected chi connectivity index (χ1v) is 7.72. The largest absolute Gasteiger partial charge is 0.497 e. The molecular weight excluding hydrogens is 332 g/mol. The van der Waals surface area contributed by atoms with Crippen LogP contribution in [0.15, 0.2) is 36.5 Å². The number of hydrogen-bond donors (Lipinski definition) is 2. The molecule has 1 aromatic carbocycles. The van der Waals surface area contributed by atoms with E-state index in [1.54, 1.807) is 37.4 Å². The van der Waals surface area contributed by atoms with Crippen molar-refractivity contribution in [3.8, 4) is 11.5 Å². The SMILES string of the molecule is COc1ccc(C(O)CCC(=O)Nc2ccc(Cl)cn2)c(OC)c1. The number of aliphatic hydroxyl groups is 1. The van der Waals surface area contributed by atoms with Gasteiger partial charge in [-0.1, -0.05) is 11.6 Å². The molecule has 2 aromatic rings. The van der Waals surface area contributed by atoms with Crippen molar-refractivity contribution in [3.63, 3.8) is 0 Å². The van der Waals surface area contributed by atoms with Crippen molar-refractivity contribution in [2.45, 2.75) is 18.9 Å². The second-order valence-corrected chi connectivity index (χ2v) is 5.51. The van der Waals surface area contributed by atoms with E-state index in [2.05, 4.69) is 10.3 Å². The summed E-state index contributed by atoms with van der Waals surface area (Å²) in [5.74, 6) is 1.33. The van der Waals surface area contributed by atoms with Crippen LogP contribution in [-0.4, -0.2) is 30.2 Å². The highest BCUT2D eigenvalue weighted by atomic mass is 35.5. The van der Waals surface area contributed by atoms with E-state index < -0.39 is 6.10 Å². The van der Waals surface area contributed by atoms with Gasteiger partial charge in [-0.25, -0.2) is 4.98 Å². The zero-order valence-corrected chi connectivity index (χ0v) is 14.2. The Morgan fingerprint density at radius 3 is 2.71 bits per heavy atom. The first-order chi connectivity index (χ1) is 11.5. The van der Waals surface area contributed by atoms with E-state index in [1.165, 1.54) is 13.3 Å². The topological polar surface area (TPSA) is 80.7 Å². The molecule has 7 heteroatoms. The molecular formula is C17H19ClN2O4. The number of nitrogens with zero attached hydrogens (tertiary/aromatic N) is 1. The molecule has 0 aliphatic heterocycles. The van der Waals surface area contributed by atoms with E-state index >= 15 is 0 Å². The van der Waals surface area contributed by atoms with E-state index in [4.69, 9.17) is 21.1 Å². The highest BCUT2D eigenvalue weighted by Crippen LogP contribution is 2.31. The Kier molecular flexibility index (Phi) is 6.40. The standard InChI is InChI=1S/C17H19ClN2O4/c1-23-12-4-5-13(15(9-12)24-2)14(21)6-8-17(22)20-16-7-3-11(18)10-19-16/h3-5,7,9-10,14,21H,6,8H2,1-2H3,(H,19,20,22). The number of aromatic nitrogens is 1. The summed E-state index contributed by atoms with van der Waals surface area (Å²) in [5.41, 5.74) is 0.607. The number of benzene rings is 1. The predicted molar refractivity (Wildman–Crippen MR) is 91.6 cm³/mol. The second kappa shape index (κ2) is 8.52. The molecule has 1 heterocycles. The number of pyridine rings is 1. The van der Waals surface area contributed by atoms with Crippen LogP contribution in [0.5, 0.6) is 11.5 Å². The molecule has 6 nitrogen and oxygen atoms in total. The van der Waals surface area contributed by atoms with Crippen LogP contribution in [0.2, 0.25) is 5.02 Å². The maximum atomic E-state index is 11.9. The minimum Gasteiger partial charge on any atom is -0.497 e. The van der Waals surface area contributed by atoms with E-state index in [0.29, 0.717) is 27.9 Å². The third-order valence-corrected chi connectivity index (χ3v) is 3.66. The van der Waals surface area contributed by atoms with Gasteiger partial charge in [-0.3, -0.25) is 4.79 Å². The molecule has 1 amide bonds. The molecule has 0 saturated carbocycles. The lowest BCUT2D eigenvalue weighted by Crippen LogP contribution is -2.14. The van der Waals surface area contributed by atoms with Gasteiger partial charge in [-0.05, 0) is 30.7 Å². The number of halogens is 1. The van der Waals surface area contributed by atoms with Gasteiger partial charge in [0.1, 0.15) is 17.3 Å². The number of hydrogen-bond acceptors (Lipinski definition) is 5. The molecule has 1 atom stereocenters. The molecule has 0 aliphatic carbocycles. The number of carbonyl (C=O) groups is 1. The van der Waals surface area contributed by atoms with Crippen molar-refractivity contribution in [2.24, 2.45) is 0 Å². The Balaban J connectivity index is 1.93. The average molecular weight is 351 g/mol. The van der Waals surface area contributed by atoms with Crippen LogP contribution >= 0.6 is 11.6 Å². The van der Waals surface area contributed by atoms with Crippen LogP contribution in [0.4, 0.5) is 5.82 Å². The van der Waals surface area contributed by atoms with Crippen molar-refractivity contribution < 1.29 is 19.4 Å². The summed E-state index contributed by atoms with van der Waals surface area (Å²) < 4.78 is 10.4. The van der Waals surface area contributed by atoms with E-state index in [9.17, 15) is 9.90 Å². The first kappa shape index (κ1) is 18.0. The summed E-state index contributed by atoms with van der Waals surface area (Å²) in [6.07, 6.45) is 1.02. The van der Waals surface area contributed by atoms with Gasteiger partial charge >= 0.3 is 0 Å². The summed E-state index contributed by atoms with van der Waals surface area (Å²) in [7, 11) is 3.07. The fourth-order valence-corrected chi connectivity index (χ4v) is 2.28. The first-order valence-electron chi connectivity index (χ1n) is 7.35. The zero-order valence-electron chi connectivity index (χ0n) is 13.5. The third kappa shape index (κ3) is 4.84. The van der Waals surface area contributed by atoms with Gasteiger partial charge in [0, 0.05) is 24.2 Å². The number of nitrogens with one attached hydrogen (secondary N) is 1. The number of rotatable bonds is 7. The van der Waals surface area contributed by atoms with Crippen LogP contribution in [0.25, 0.3) is 0 Å². The smallest absolute Gasteiger partial charge is 0.225 e. The maximum absolute atomic E-state index is 11.9. The van der Waals surface area contributed by atoms with E-state index in [-0.39, 0.29) is 18.7 Å². The third-order valence-electron chi connectivity index (χ3n) is 3.44. The quantitative estimate of drug-likeness (QED) is 0.801. The lowest BCUT2D eigenvalue weighted by Gasteiger charge is -2.15.